The number of hydrogen-bond acceptors (Lipinski definition) is 6. The van der Waals surface area contributed by atoms with E-state index in [1.54, 1.807) is 61.5 Å². The summed E-state index contributed by atoms with van der Waals surface area (Å²) in [6.07, 6.45) is 1.49. The summed E-state index contributed by atoms with van der Waals surface area (Å²) in [6, 6.07) is 22.8. The molecule has 0 radical (unpaired) electrons. The number of rotatable bonds is 8. The van der Waals surface area contributed by atoms with E-state index in [1.165, 1.54) is 6.08 Å². The van der Waals surface area contributed by atoms with E-state index in [0.29, 0.717) is 28.1 Å². The molecule has 174 valence electrons. The summed E-state index contributed by atoms with van der Waals surface area (Å²) in [5.74, 6) is -0.390. The topological polar surface area (TPSA) is 112 Å². The van der Waals surface area contributed by atoms with Gasteiger partial charge in [-0.3, -0.25) is 4.79 Å². The van der Waals surface area contributed by atoms with E-state index in [9.17, 15) is 20.1 Å². The second-order valence-corrected chi connectivity index (χ2v) is 8.33. The number of ether oxygens (including phenoxy) is 2. The lowest BCUT2D eigenvalue weighted by Crippen LogP contribution is -2.13. The van der Waals surface area contributed by atoms with Crippen molar-refractivity contribution in [2.24, 2.45) is 0 Å². The van der Waals surface area contributed by atoms with Crippen LogP contribution < -0.4 is 10.1 Å². The molecular formula is C27H20IN3O4. The third-order valence-corrected chi connectivity index (χ3v) is 5.65. The highest BCUT2D eigenvalue weighted by molar-refractivity contribution is 14.1. The van der Waals surface area contributed by atoms with Crippen LogP contribution in [0.2, 0.25) is 0 Å². The number of carbonyl (C=O) groups excluding carboxylic acids is 2. The third-order valence-electron chi connectivity index (χ3n) is 4.81. The first-order valence-electron chi connectivity index (χ1n) is 10.6. The molecule has 35 heavy (non-hydrogen) atoms. The molecular weight excluding hydrogens is 557 g/mol. The molecule has 3 aromatic rings. The van der Waals surface area contributed by atoms with E-state index in [1.807, 2.05) is 18.2 Å². The number of anilines is 1. The van der Waals surface area contributed by atoms with Crippen LogP contribution in [0.4, 0.5) is 5.69 Å². The predicted octanol–water partition coefficient (Wildman–Crippen LogP) is 5.46. The predicted molar refractivity (Wildman–Crippen MR) is 139 cm³/mol. The Morgan fingerprint density at radius 1 is 1.06 bits per heavy atom. The van der Waals surface area contributed by atoms with Gasteiger partial charge in [-0.25, -0.2) is 4.79 Å². The fourth-order valence-corrected chi connectivity index (χ4v) is 3.75. The molecule has 0 aliphatic carbocycles. The van der Waals surface area contributed by atoms with Gasteiger partial charge in [0.05, 0.1) is 27.4 Å². The zero-order valence-electron chi connectivity index (χ0n) is 18.7. The maximum atomic E-state index is 12.6. The van der Waals surface area contributed by atoms with E-state index in [4.69, 9.17) is 9.47 Å². The van der Waals surface area contributed by atoms with Gasteiger partial charge in [-0.2, -0.15) is 10.5 Å². The maximum absolute atomic E-state index is 12.6. The Morgan fingerprint density at radius 2 is 1.80 bits per heavy atom. The lowest BCUT2D eigenvalue weighted by Gasteiger charge is -2.10. The number of nitrogens with zero attached hydrogens (tertiary/aromatic N) is 2. The van der Waals surface area contributed by atoms with Gasteiger partial charge in [-0.15, -0.1) is 0 Å². The summed E-state index contributed by atoms with van der Waals surface area (Å²) in [4.78, 5) is 24.3. The van der Waals surface area contributed by atoms with Crippen LogP contribution in [0.15, 0.2) is 72.3 Å². The van der Waals surface area contributed by atoms with Gasteiger partial charge in [0.2, 0.25) is 0 Å². The summed E-state index contributed by atoms with van der Waals surface area (Å²) >= 11 is 2.12. The van der Waals surface area contributed by atoms with Crippen molar-refractivity contribution in [2.75, 3.05) is 11.9 Å². The van der Waals surface area contributed by atoms with Gasteiger partial charge < -0.3 is 14.8 Å². The molecule has 0 aliphatic heterocycles. The number of halogens is 1. The average Bonchev–Trinajstić information content (AvgIpc) is 2.87. The summed E-state index contributed by atoms with van der Waals surface area (Å²) in [5, 5.41) is 21.4. The van der Waals surface area contributed by atoms with Crippen molar-refractivity contribution in [3.8, 4) is 17.9 Å². The normalized spacial score (nSPS) is 10.6. The minimum atomic E-state index is -0.570. The number of benzene rings is 3. The molecule has 0 atom stereocenters. The minimum absolute atomic E-state index is 0.0770. The number of amides is 1. The zero-order chi connectivity index (χ0) is 25.2. The van der Waals surface area contributed by atoms with Crippen molar-refractivity contribution in [3.63, 3.8) is 0 Å². The second kappa shape index (κ2) is 12.4. The molecule has 0 fully saturated rings. The van der Waals surface area contributed by atoms with E-state index in [-0.39, 0.29) is 18.8 Å². The fraction of sp³-hybridized carbons (Fsp3) is 0.111. The number of hydrogen-bond donors (Lipinski definition) is 1. The molecule has 0 aliphatic rings. The second-order valence-electron chi connectivity index (χ2n) is 7.17. The SMILES string of the molecule is CCOC(=O)c1ccc(NC(=O)/C(C#N)=C/c2ccc(OCc3ccccc3C#N)c(I)c2)cc1. The van der Waals surface area contributed by atoms with Gasteiger partial charge in [0.25, 0.3) is 5.91 Å². The van der Waals surface area contributed by atoms with E-state index in [0.717, 1.165) is 9.13 Å². The van der Waals surface area contributed by atoms with Crippen molar-refractivity contribution in [3.05, 3.63) is 98.1 Å². The zero-order valence-corrected chi connectivity index (χ0v) is 20.9. The lowest BCUT2D eigenvalue weighted by molar-refractivity contribution is -0.112. The molecule has 0 bridgehead atoms. The molecule has 3 rings (SSSR count). The Morgan fingerprint density at radius 3 is 2.46 bits per heavy atom. The molecule has 3 aromatic carbocycles. The van der Waals surface area contributed by atoms with Crippen LogP contribution >= 0.6 is 22.6 Å². The number of esters is 1. The van der Waals surface area contributed by atoms with Crippen LogP contribution in [0.25, 0.3) is 6.08 Å². The third kappa shape index (κ3) is 6.92. The van der Waals surface area contributed by atoms with Gasteiger partial charge in [0, 0.05) is 11.3 Å². The maximum Gasteiger partial charge on any atom is 0.338 e. The summed E-state index contributed by atoms with van der Waals surface area (Å²) in [6.45, 7) is 2.24. The largest absolute Gasteiger partial charge is 0.488 e. The van der Waals surface area contributed by atoms with E-state index >= 15 is 0 Å². The molecule has 0 saturated carbocycles. The van der Waals surface area contributed by atoms with Gasteiger partial charge in [0.1, 0.15) is 24.0 Å². The number of nitrogens with one attached hydrogen (secondary N) is 1. The highest BCUT2D eigenvalue weighted by Gasteiger charge is 2.12. The van der Waals surface area contributed by atoms with Crippen LogP contribution in [0.1, 0.15) is 34.0 Å². The monoisotopic (exact) mass is 577 g/mol. The first kappa shape index (κ1) is 25.5. The average molecular weight is 577 g/mol. The molecule has 8 heteroatoms. The fourth-order valence-electron chi connectivity index (χ4n) is 3.05. The van der Waals surface area contributed by atoms with Crippen molar-refractivity contribution in [1.29, 1.82) is 10.5 Å². The quantitative estimate of drug-likeness (QED) is 0.165. The van der Waals surface area contributed by atoms with Crippen LogP contribution in [-0.4, -0.2) is 18.5 Å². The van der Waals surface area contributed by atoms with E-state index < -0.39 is 11.9 Å². The summed E-state index contributed by atoms with van der Waals surface area (Å²) < 4.78 is 11.6. The van der Waals surface area contributed by atoms with Gasteiger partial charge >= 0.3 is 5.97 Å². The summed E-state index contributed by atoms with van der Waals surface area (Å²) in [5.41, 5.74) is 2.74. The van der Waals surface area contributed by atoms with Crippen molar-refractivity contribution in [1.82, 2.24) is 0 Å². The van der Waals surface area contributed by atoms with Crippen LogP contribution in [0.3, 0.4) is 0 Å². The minimum Gasteiger partial charge on any atom is -0.488 e. The van der Waals surface area contributed by atoms with E-state index in [2.05, 4.69) is 34.0 Å². The van der Waals surface area contributed by atoms with Crippen LogP contribution in [0.5, 0.6) is 5.75 Å². The molecule has 0 heterocycles. The Balaban J connectivity index is 1.68. The van der Waals surface area contributed by atoms with Crippen molar-refractivity contribution in [2.45, 2.75) is 13.5 Å². The van der Waals surface area contributed by atoms with Gasteiger partial charge in [-0.1, -0.05) is 24.3 Å². The molecule has 0 aromatic heterocycles. The van der Waals surface area contributed by atoms with Gasteiger partial charge in [-0.05, 0) is 83.6 Å². The Bertz CT molecular complexity index is 1350. The number of carbonyl (C=O) groups is 2. The smallest absolute Gasteiger partial charge is 0.338 e. The van der Waals surface area contributed by atoms with Crippen LogP contribution in [-0.2, 0) is 16.1 Å². The molecule has 1 amide bonds. The first-order valence-corrected chi connectivity index (χ1v) is 11.6. The Hall–Kier alpha value is -4.15. The highest BCUT2D eigenvalue weighted by Crippen LogP contribution is 2.25. The molecule has 0 saturated heterocycles. The molecule has 0 spiro atoms. The lowest BCUT2D eigenvalue weighted by atomic mass is 10.1. The molecule has 1 N–H and O–H groups in total. The summed E-state index contributed by atoms with van der Waals surface area (Å²) in [7, 11) is 0. The number of nitriles is 2. The Labute approximate surface area is 216 Å². The van der Waals surface area contributed by atoms with Crippen molar-refractivity contribution < 1.29 is 19.1 Å². The Kier molecular flexibility index (Phi) is 8.99. The standard InChI is InChI=1S/C27H20IN3O4/c1-2-34-27(33)19-8-10-23(11-9-19)31-26(32)22(16-30)13-18-7-12-25(24(28)14-18)35-17-21-6-4-3-5-20(21)15-29/h3-14H,2,17H2,1H3,(H,31,32)/b22-13+. The van der Waals surface area contributed by atoms with Crippen molar-refractivity contribution >= 4 is 46.2 Å². The van der Waals surface area contributed by atoms with Crippen LogP contribution in [0, 0.1) is 26.2 Å². The molecule has 0 unspecified atom stereocenters. The first-order chi connectivity index (χ1) is 16.9. The highest BCUT2D eigenvalue weighted by atomic mass is 127. The van der Waals surface area contributed by atoms with Gasteiger partial charge in [0.15, 0.2) is 0 Å². The molecule has 7 nitrogen and oxygen atoms in total.